The van der Waals surface area contributed by atoms with Gasteiger partial charge in [0.05, 0.1) is 0 Å². The monoisotopic (exact) mass is 316 g/mol. The molecule has 4 nitrogen and oxygen atoms in total. The third kappa shape index (κ3) is 11.6. The van der Waals surface area contributed by atoms with E-state index in [4.69, 9.17) is 11.6 Å². The topological polar surface area (TPSA) is 41.9 Å². The molecule has 0 spiro atoms. The fourth-order valence-corrected chi connectivity index (χ4v) is 0.727. The minimum atomic E-state index is -0.461. The summed E-state index contributed by atoms with van der Waals surface area (Å²) in [5.74, 6) is 0. The molecule has 0 N–H and O–H groups in total. The van der Waals surface area contributed by atoms with E-state index in [1.165, 1.54) is 4.90 Å². The maximum Gasteiger partial charge on any atom is 2.00 e. The van der Waals surface area contributed by atoms with Gasteiger partial charge in [0.2, 0.25) is 0 Å². The van der Waals surface area contributed by atoms with E-state index in [1.807, 2.05) is 20.8 Å². The Morgan fingerprint density at radius 2 is 1.69 bits per heavy atom. The van der Waals surface area contributed by atoms with Crippen LogP contribution in [0.1, 0.15) is 27.2 Å². The van der Waals surface area contributed by atoms with Crippen molar-refractivity contribution in [2.45, 2.75) is 27.2 Å². The number of hydrogen-bond donors (Lipinski definition) is 0. The molecule has 0 aromatic heterocycles. The summed E-state index contributed by atoms with van der Waals surface area (Å²) < 4.78 is 0. The molecule has 0 aromatic carbocycles. The maximum absolute atomic E-state index is 11.2. The van der Waals surface area contributed by atoms with E-state index in [2.05, 4.69) is 9.99 Å². The zero-order chi connectivity index (χ0) is 10.3. The molecule has 0 aliphatic rings. The van der Waals surface area contributed by atoms with Crippen LogP contribution in [0.5, 0.6) is 0 Å². The van der Waals surface area contributed by atoms with Gasteiger partial charge in [-0.3, -0.25) is 4.84 Å². The third-order valence-corrected chi connectivity index (χ3v) is 1.87. The molecule has 16 heavy (non-hydrogen) atoms. The van der Waals surface area contributed by atoms with Crippen LogP contribution in [0, 0.1) is 0 Å². The van der Waals surface area contributed by atoms with Gasteiger partial charge in [-0.15, -0.1) is 0 Å². The average Bonchev–Trinajstić information content (AvgIpc) is 2.16. The molecule has 0 aliphatic heterocycles. The average molecular weight is 318 g/mol. The van der Waals surface area contributed by atoms with Crippen LogP contribution >= 0.6 is 11.6 Å². The maximum atomic E-state index is 11.2. The second-order valence-electron chi connectivity index (χ2n) is 2.35. The quantitative estimate of drug-likeness (QED) is 0.230. The summed E-state index contributed by atoms with van der Waals surface area (Å²) in [6.45, 7) is 6.78. The predicted octanol–water partition coefficient (Wildman–Crippen LogP) is -3.95. The van der Waals surface area contributed by atoms with E-state index >= 15 is 0 Å². The van der Waals surface area contributed by atoms with Gasteiger partial charge in [0, 0.05) is 19.5 Å². The van der Waals surface area contributed by atoms with E-state index in [0.717, 1.165) is 0 Å². The van der Waals surface area contributed by atoms with Crippen molar-refractivity contribution in [3.8, 4) is 0 Å². The van der Waals surface area contributed by atoms with Crippen LogP contribution in [0.25, 0.3) is 0 Å². The van der Waals surface area contributed by atoms with E-state index in [0.29, 0.717) is 24.7 Å². The fraction of sp³-hybridized carbons (Fsp3) is 0.750. The molecule has 0 aromatic rings. The number of carbonyl (C=O) groups excluding carboxylic acids is 1. The minimum absolute atomic E-state index is 0. The largest absolute Gasteiger partial charge is 2.00 e. The molecule has 0 rings (SSSR count). The van der Waals surface area contributed by atoms with Gasteiger partial charge in [0.1, 0.15) is 5.17 Å². The second-order valence-corrected chi connectivity index (χ2v) is 2.79. The van der Waals surface area contributed by atoms with Gasteiger partial charge in [0.15, 0.2) is 0 Å². The SMILES string of the molecule is CC/C(Cl)=N/OC(=O)N(CC)CC.[Ca+2].[Cl-].[Cl-]. The molecular formula is C8H15CaCl3N2O2. The number of carbonyl (C=O) groups is 1. The van der Waals surface area contributed by atoms with Crippen LogP contribution in [-0.4, -0.2) is 67.0 Å². The van der Waals surface area contributed by atoms with Crippen molar-refractivity contribution in [1.82, 2.24) is 4.90 Å². The summed E-state index contributed by atoms with van der Waals surface area (Å²) in [4.78, 5) is 17.3. The Kier molecular flexibility index (Phi) is 25.9. The van der Waals surface area contributed by atoms with Gasteiger partial charge in [-0.1, -0.05) is 23.7 Å². The summed E-state index contributed by atoms with van der Waals surface area (Å²) in [6, 6.07) is 0. The van der Waals surface area contributed by atoms with Crippen molar-refractivity contribution in [3.63, 3.8) is 0 Å². The Bertz CT molecular complexity index is 202. The number of nitrogens with zero attached hydrogens (tertiary/aromatic N) is 2. The van der Waals surface area contributed by atoms with Crippen molar-refractivity contribution in [3.05, 3.63) is 0 Å². The Morgan fingerprint density at radius 3 is 2.00 bits per heavy atom. The van der Waals surface area contributed by atoms with Gasteiger partial charge >= 0.3 is 43.8 Å². The Morgan fingerprint density at radius 1 is 1.25 bits per heavy atom. The normalized spacial score (nSPS) is 9.12. The second kappa shape index (κ2) is 16.1. The molecule has 0 atom stereocenters. The molecular weight excluding hydrogens is 303 g/mol. The van der Waals surface area contributed by atoms with E-state index < -0.39 is 6.09 Å². The molecule has 0 heterocycles. The van der Waals surface area contributed by atoms with Gasteiger partial charge in [-0.05, 0) is 13.8 Å². The molecule has 1 amide bonds. The van der Waals surface area contributed by atoms with Crippen LogP contribution in [-0.2, 0) is 4.84 Å². The molecule has 0 saturated carbocycles. The summed E-state index contributed by atoms with van der Waals surface area (Å²) in [5, 5.41) is 3.74. The standard InChI is InChI=1S/C8H15ClN2O2.Ca.2ClH/c1-4-7(9)10-13-8(12)11(5-2)6-3;;;/h4-6H2,1-3H3;;2*1H/q;+2;;/p-2/b10-7-;;;. The van der Waals surface area contributed by atoms with E-state index in [1.54, 1.807) is 0 Å². The summed E-state index contributed by atoms with van der Waals surface area (Å²) >= 11 is 5.55. The predicted molar refractivity (Wildman–Crippen MR) is 58.7 cm³/mol. The van der Waals surface area contributed by atoms with E-state index in [-0.39, 0.29) is 62.6 Å². The van der Waals surface area contributed by atoms with Crippen molar-refractivity contribution >= 4 is 60.6 Å². The van der Waals surface area contributed by atoms with Crippen LogP contribution in [0.4, 0.5) is 4.79 Å². The Balaban J connectivity index is -0.000000240. The summed E-state index contributed by atoms with van der Waals surface area (Å²) in [5.41, 5.74) is 0. The number of hydrogen-bond acceptors (Lipinski definition) is 3. The number of rotatable bonds is 4. The van der Waals surface area contributed by atoms with Crippen LogP contribution < -0.4 is 24.8 Å². The summed E-state index contributed by atoms with van der Waals surface area (Å²) in [6.07, 6.45) is 0.101. The summed E-state index contributed by atoms with van der Waals surface area (Å²) in [7, 11) is 0. The van der Waals surface area contributed by atoms with Crippen molar-refractivity contribution < 1.29 is 34.4 Å². The van der Waals surface area contributed by atoms with Crippen molar-refractivity contribution in [1.29, 1.82) is 0 Å². The van der Waals surface area contributed by atoms with Gasteiger partial charge in [0.25, 0.3) is 0 Å². The Labute approximate surface area is 144 Å². The van der Waals surface area contributed by atoms with Crippen molar-refractivity contribution in [2.75, 3.05) is 13.1 Å². The zero-order valence-corrected chi connectivity index (χ0v) is 14.1. The first-order chi connectivity index (χ1) is 6.15. The first-order valence-electron chi connectivity index (χ1n) is 4.33. The van der Waals surface area contributed by atoms with Crippen LogP contribution in [0.15, 0.2) is 5.16 Å². The molecule has 0 fully saturated rings. The first-order valence-corrected chi connectivity index (χ1v) is 4.71. The smallest absolute Gasteiger partial charge is 1.00 e. The molecule has 92 valence electrons. The molecule has 0 radical (unpaired) electrons. The zero-order valence-electron chi connectivity index (χ0n) is 9.67. The van der Waals surface area contributed by atoms with Crippen molar-refractivity contribution in [2.24, 2.45) is 5.16 Å². The molecule has 0 saturated heterocycles. The van der Waals surface area contributed by atoms with Crippen LogP contribution in [0.3, 0.4) is 0 Å². The van der Waals surface area contributed by atoms with Gasteiger partial charge < -0.3 is 29.7 Å². The molecule has 8 heteroatoms. The van der Waals surface area contributed by atoms with Crippen LogP contribution in [0.2, 0.25) is 0 Å². The minimum Gasteiger partial charge on any atom is -1.00 e. The third-order valence-electron chi connectivity index (χ3n) is 1.54. The Hall–Kier alpha value is 1.07. The number of amides is 1. The molecule has 0 unspecified atom stereocenters. The number of oxime groups is 1. The van der Waals surface area contributed by atoms with E-state index in [9.17, 15) is 4.79 Å². The van der Waals surface area contributed by atoms with Gasteiger partial charge in [-0.25, -0.2) is 4.79 Å². The molecule has 0 bridgehead atoms. The number of halogens is 3. The van der Waals surface area contributed by atoms with Gasteiger partial charge in [-0.2, -0.15) is 0 Å². The molecule has 0 aliphatic carbocycles. The first kappa shape index (κ1) is 25.8. The fourth-order valence-electron chi connectivity index (χ4n) is 0.693.